The van der Waals surface area contributed by atoms with Crippen LogP contribution in [0.1, 0.15) is 74.9 Å². The van der Waals surface area contributed by atoms with Gasteiger partial charge in [0.2, 0.25) is 0 Å². The van der Waals surface area contributed by atoms with Gasteiger partial charge in [-0.15, -0.1) is 0 Å². The third-order valence-corrected chi connectivity index (χ3v) is 12.0. The minimum Gasteiger partial charge on any atom is -0.407 e. The van der Waals surface area contributed by atoms with Crippen molar-refractivity contribution in [2.24, 2.45) is 14.1 Å². The number of nitrogens with zero attached hydrogens (tertiary/aromatic N) is 2. The highest BCUT2D eigenvalue weighted by molar-refractivity contribution is 6.68. The number of nitrogen functional groups attached to an aromatic ring is 1. The van der Waals surface area contributed by atoms with Gasteiger partial charge in [-0.05, 0) is 125 Å². The molecule has 8 aromatic rings. The molecule has 0 saturated heterocycles. The number of oxazole rings is 2. The Morgan fingerprint density at radius 2 is 1.06 bits per heavy atom. The molecule has 14 heteroatoms. The molecule has 2 saturated carbocycles. The van der Waals surface area contributed by atoms with Crippen molar-refractivity contribution in [3.8, 4) is 22.3 Å². The van der Waals surface area contributed by atoms with Gasteiger partial charge in [0.25, 0.3) is 5.24 Å². The smallest absolute Gasteiger partial charge is 0.407 e. The highest BCUT2D eigenvalue weighted by Crippen LogP contribution is 2.48. The van der Waals surface area contributed by atoms with Gasteiger partial charge in [-0.3, -0.25) is 18.7 Å². The first-order valence-corrected chi connectivity index (χ1v) is 21.2. The van der Waals surface area contributed by atoms with Gasteiger partial charge in [-0.2, -0.15) is 0 Å². The molecular weight excluding hydrogens is 871 g/mol. The fraction of sp³-hybridized carbons (Fsp3) is 0.184. The van der Waals surface area contributed by atoms with E-state index in [1.807, 2.05) is 66.7 Å². The van der Waals surface area contributed by atoms with Gasteiger partial charge >= 0.3 is 11.5 Å². The molecule has 2 heterocycles. The van der Waals surface area contributed by atoms with Crippen molar-refractivity contribution >= 4 is 73.7 Å². The van der Waals surface area contributed by atoms with E-state index in [4.69, 9.17) is 49.4 Å². The van der Waals surface area contributed by atoms with Crippen LogP contribution in [-0.4, -0.2) is 20.2 Å². The molecule has 0 spiro atoms. The minimum absolute atomic E-state index is 0.0324. The zero-order chi connectivity index (χ0) is 44.7. The summed E-state index contributed by atoms with van der Waals surface area (Å²) >= 11 is 16.5. The molecule has 0 bridgehead atoms. The lowest BCUT2D eigenvalue weighted by atomic mass is 9.94. The lowest BCUT2D eigenvalue weighted by molar-refractivity contribution is 0.0988. The van der Waals surface area contributed by atoms with Crippen molar-refractivity contribution in [1.29, 1.82) is 0 Å². The molecule has 9 nitrogen and oxygen atoms in total. The normalized spacial score (nSPS) is 13.3. The van der Waals surface area contributed by atoms with Crippen LogP contribution in [0.15, 0.2) is 128 Å². The van der Waals surface area contributed by atoms with Crippen molar-refractivity contribution in [2.75, 3.05) is 5.73 Å². The van der Waals surface area contributed by atoms with Crippen molar-refractivity contribution < 1.29 is 27.2 Å². The molecule has 63 heavy (non-hydrogen) atoms. The van der Waals surface area contributed by atoms with Crippen LogP contribution >= 0.6 is 34.8 Å². The Labute approximate surface area is 374 Å². The zero-order valence-corrected chi connectivity index (χ0v) is 36.2. The fourth-order valence-electron chi connectivity index (χ4n) is 7.67. The van der Waals surface area contributed by atoms with Crippen LogP contribution in [0.4, 0.5) is 14.5 Å². The molecule has 2 aliphatic carbocycles. The number of hydrogen-bond acceptors (Lipinski definition) is 7. The number of rotatable bonds is 8. The Morgan fingerprint density at radius 1 is 0.635 bits per heavy atom. The second kappa shape index (κ2) is 17.8. The van der Waals surface area contributed by atoms with Crippen LogP contribution < -0.4 is 17.2 Å². The average Bonchev–Trinajstić information content (AvgIpc) is 4.20. The number of hydrogen-bond donors (Lipinski definition) is 1. The van der Waals surface area contributed by atoms with Crippen molar-refractivity contribution in [3.05, 3.63) is 180 Å². The monoisotopic (exact) mass is 907 g/mol. The fourth-order valence-corrected chi connectivity index (χ4v) is 8.43. The van der Waals surface area contributed by atoms with Crippen LogP contribution in [0.25, 0.3) is 44.5 Å². The molecule has 2 N–H and O–H groups in total. The number of carbonyl (C=O) groups is 2. The summed E-state index contributed by atoms with van der Waals surface area (Å²) in [4.78, 5) is 46.9. The van der Waals surface area contributed by atoms with Crippen LogP contribution in [0, 0.1) is 11.6 Å². The number of anilines is 1. The molecular formula is C49H38Cl3F2N3O6. The molecule has 6 aromatic carbocycles. The maximum atomic E-state index is 14.0. The molecule has 10 rings (SSSR count). The number of carbonyl (C=O) groups excluding carboxylic acids is 2. The molecule has 0 radical (unpaired) electrons. The van der Waals surface area contributed by atoms with Crippen molar-refractivity contribution in [2.45, 2.75) is 43.9 Å². The van der Waals surface area contributed by atoms with Gasteiger partial charge in [0.05, 0.1) is 32.2 Å². The molecule has 2 aromatic heterocycles. The number of halogens is 5. The summed E-state index contributed by atoms with van der Waals surface area (Å²) in [6, 6.07) is 31.6. The van der Waals surface area contributed by atoms with Crippen molar-refractivity contribution in [1.82, 2.24) is 9.13 Å². The predicted molar refractivity (Wildman–Crippen MR) is 243 cm³/mol. The van der Waals surface area contributed by atoms with Crippen LogP contribution in [0.2, 0.25) is 10.0 Å². The second-order valence-electron chi connectivity index (χ2n) is 15.5. The van der Waals surface area contributed by atoms with Gasteiger partial charge in [-0.1, -0.05) is 83.9 Å². The van der Waals surface area contributed by atoms with E-state index < -0.39 is 16.9 Å². The number of aromatic nitrogens is 2. The van der Waals surface area contributed by atoms with Crippen LogP contribution in [0.3, 0.4) is 0 Å². The van der Waals surface area contributed by atoms with Gasteiger partial charge in [0.15, 0.2) is 16.9 Å². The molecule has 2 fully saturated rings. The van der Waals surface area contributed by atoms with Gasteiger partial charge in [0, 0.05) is 37.3 Å². The SMILES string of the molecule is Cn1c(=O)oc2c(C3CC3)c(-c3ccc(CC(=O)c4c(F)cccc4Cl)cc3)ccc21.Cn1c(=O)oc2c(C3CC3)c(-c3ccc(N)cc3)ccc21.O=C(Cl)c1c(F)cccc1Cl. The first-order valence-electron chi connectivity index (χ1n) is 20.0. The third-order valence-electron chi connectivity index (χ3n) is 11.2. The maximum absolute atomic E-state index is 14.0. The quantitative estimate of drug-likeness (QED) is 0.0912. The summed E-state index contributed by atoms with van der Waals surface area (Å²) in [6.07, 6.45) is 4.50. The Morgan fingerprint density at radius 3 is 1.46 bits per heavy atom. The lowest BCUT2D eigenvalue weighted by Crippen LogP contribution is -2.08. The molecule has 0 amide bonds. The van der Waals surface area contributed by atoms with E-state index in [9.17, 15) is 28.0 Å². The highest BCUT2D eigenvalue weighted by atomic mass is 35.5. The maximum Gasteiger partial charge on any atom is 0.419 e. The number of ketones is 1. The Kier molecular flexibility index (Phi) is 12.3. The van der Waals surface area contributed by atoms with Crippen LogP contribution in [0.5, 0.6) is 0 Å². The van der Waals surface area contributed by atoms with E-state index in [-0.39, 0.29) is 44.9 Å². The number of nitrogens with two attached hydrogens (primary N) is 1. The number of benzene rings is 6. The lowest BCUT2D eigenvalue weighted by Gasteiger charge is -2.11. The average molecular weight is 909 g/mol. The topological polar surface area (TPSA) is 130 Å². The second-order valence-corrected chi connectivity index (χ2v) is 16.7. The first kappa shape index (κ1) is 43.4. The molecule has 320 valence electrons. The van der Waals surface area contributed by atoms with Crippen molar-refractivity contribution in [3.63, 3.8) is 0 Å². The summed E-state index contributed by atoms with van der Waals surface area (Å²) in [7, 11) is 3.45. The summed E-state index contributed by atoms with van der Waals surface area (Å²) in [5.41, 5.74) is 16.5. The van der Waals surface area contributed by atoms with E-state index in [0.717, 1.165) is 93.0 Å². The Bertz CT molecular complexity index is 3140. The molecule has 2 aliphatic rings. The first-order chi connectivity index (χ1) is 30.2. The number of fused-ring (bicyclic) bond motifs is 2. The zero-order valence-electron chi connectivity index (χ0n) is 33.9. The van der Waals surface area contributed by atoms with Gasteiger partial charge in [-0.25, -0.2) is 18.4 Å². The van der Waals surface area contributed by atoms with E-state index in [0.29, 0.717) is 17.4 Å². The minimum atomic E-state index is -0.881. The van der Waals surface area contributed by atoms with Gasteiger partial charge in [0.1, 0.15) is 11.6 Å². The van der Waals surface area contributed by atoms with E-state index >= 15 is 0 Å². The van der Waals surface area contributed by atoms with E-state index in [1.54, 1.807) is 18.7 Å². The van der Waals surface area contributed by atoms with E-state index in [1.165, 1.54) is 34.9 Å². The standard InChI is InChI=1S/C25H19ClFNO3.C17H16N2O2.C7H3Cl2FO/c1-28-20-12-11-17(22(16-9-10-16)24(20)31-25(28)30)15-7-5-14(6-8-15)13-21(29)23-18(26)3-2-4-19(23)27;1-19-14-9-8-13(10-4-6-12(18)7-5-10)15(11-2-3-11)16(14)21-17(19)20;8-4-2-1-3-5(10)6(4)7(9)11/h2-8,11-12,16H,9-10,13H2,1H3;4-9,11H,2-3,18H2,1H3;1-3H. The third kappa shape index (κ3) is 9.00. The molecule has 0 unspecified atom stereocenters. The largest absolute Gasteiger partial charge is 0.419 e. The summed E-state index contributed by atoms with van der Waals surface area (Å²) in [5.74, 6) is -1.46. The van der Waals surface area contributed by atoms with Crippen LogP contribution in [-0.2, 0) is 20.5 Å². The number of aryl methyl sites for hydroxylation is 2. The molecule has 0 aliphatic heterocycles. The summed E-state index contributed by atoms with van der Waals surface area (Å²) in [6.45, 7) is 0. The number of Topliss-reactive ketones (excluding diaryl/α,β-unsaturated/α-hetero) is 1. The predicted octanol–water partition coefficient (Wildman–Crippen LogP) is 12.0. The van der Waals surface area contributed by atoms with E-state index in [2.05, 4.69) is 6.07 Å². The molecule has 0 atom stereocenters. The summed E-state index contributed by atoms with van der Waals surface area (Å²) < 4.78 is 40.9. The summed E-state index contributed by atoms with van der Waals surface area (Å²) in [5, 5.41) is -0.730. The Hall–Kier alpha value is -6.27. The highest BCUT2D eigenvalue weighted by Gasteiger charge is 2.32. The van der Waals surface area contributed by atoms with Gasteiger partial charge < -0.3 is 14.6 Å². The Balaban J connectivity index is 0.000000146.